The van der Waals surface area contributed by atoms with Crippen LogP contribution in [0.1, 0.15) is 50.9 Å². The maximum Gasteiger partial charge on any atom is 0.196 e. The molecule has 1 aliphatic rings. The molecule has 28 heavy (non-hydrogen) atoms. The average Bonchev–Trinajstić information content (AvgIpc) is 2.73. The van der Waals surface area contributed by atoms with Crippen LogP contribution in [0.15, 0.2) is 78.9 Å². The smallest absolute Gasteiger partial charge is 0.196 e. The summed E-state index contributed by atoms with van der Waals surface area (Å²) in [6.07, 6.45) is -0.828. The zero-order valence-corrected chi connectivity index (χ0v) is 16.5. The molecular weight excluding hydrogens is 346 g/mol. The first-order valence-corrected chi connectivity index (χ1v) is 9.63. The summed E-state index contributed by atoms with van der Waals surface area (Å²) in [7, 11) is 4.12. The predicted molar refractivity (Wildman–Crippen MR) is 111 cm³/mol. The van der Waals surface area contributed by atoms with Crippen molar-refractivity contribution in [2.24, 2.45) is 0 Å². The van der Waals surface area contributed by atoms with Gasteiger partial charge in [-0.2, -0.15) is 0 Å². The molecule has 0 amide bonds. The second-order valence-corrected chi connectivity index (χ2v) is 7.62. The predicted octanol–water partition coefficient (Wildman–Crippen LogP) is 5.29. The molecule has 4 rings (SSSR count). The van der Waals surface area contributed by atoms with Crippen molar-refractivity contribution in [1.82, 2.24) is 4.90 Å². The molecule has 3 aromatic carbocycles. The van der Waals surface area contributed by atoms with Gasteiger partial charge in [0, 0.05) is 5.56 Å². The van der Waals surface area contributed by atoms with Gasteiger partial charge in [-0.05, 0) is 37.7 Å². The Labute approximate surface area is 166 Å². The Kier molecular flexibility index (Phi) is 5.12. The number of aryl methyl sites for hydroxylation is 1. The van der Waals surface area contributed by atoms with Gasteiger partial charge in [0.05, 0.1) is 6.04 Å². The zero-order valence-electron chi connectivity index (χ0n) is 16.5. The molecule has 0 spiro atoms. The van der Waals surface area contributed by atoms with Crippen molar-refractivity contribution in [2.75, 3.05) is 14.1 Å². The van der Waals surface area contributed by atoms with Gasteiger partial charge in [-0.3, -0.25) is 9.69 Å². The molecule has 3 heteroatoms. The largest absolute Gasteiger partial charge is 0.355 e. The molecule has 0 N–H and O–H groups in total. The van der Waals surface area contributed by atoms with Crippen LogP contribution in [0.4, 0.5) is 0 Å². The Morgan fingerprint density at radius 2 is 1.43 bits per heavy atom. The normalized spacial score (nSPS) is 21.4. The highest BCUT2D eigenvalue weighted by Crippen LogP contribution is 2.47. The quantitative estimate of drug-likeness (QED) is 0.583. The van der Waals surface area contributed by atoms with Crippen LogP contribution in [0.2, 0.25) is 0 Å². The Bertz CT molecular complexity index is 963. The van der Waals surface area contributed by atoms with E-state index in [9.17, 15) is 4.79 Å². The summed E-state index contributed by atoms with van der Waals surface area (Å²) in [6.45, 7) is 2.02. The lowest BCUT2D eigenvalue weighted by Crippen LogP contribution is -2.36. The number of carbonyl (C=O) groups is 1. The van der Waals surface area contributed by atoms with Gasteiger partial charge >= 0.3 is 0 Å². The fourth-order valence-corrected chi connectivity index (χ4v) is 4.00. The molecule has 0 radical (unpaired) electrons. The van der Waals surface area contributed by atoms with Crippen LogP contribution in [-0.2, 0) is 4.74 Å². The molecule has 1 aliphatic heterocycles. The Morgan fingerprint density at radius 3 is 2.07 bits per heavy atom. The molecule has 1 heterocycles. The molecular formula is C25H25NO2. The van der Waals surface area contributed by atoms with Crippen molar-refractivity contribution in [3.63, 3.8) is 0 Å². The van der Waals surface area contributed by atoms with E-state index in [1.807, 2.05) is 67.6 Å². The van der Waals surface area contributed by atoms with E-state index in [1.165, 1.54) is 0 Å². The average molecular weight is 371 g/mol. The van der Waals surface area contributed by atoms with Crippen LogP contribution in [-0.4, -0.2) is 24.8 Å². The Balaban J connectivity index is 1.81. The van der Waals surface area contributed by atoms with Crippen molar-refractivity contribution < 1.29 is 9.53 Å². The lowest BCUT2D eigenvalue weighted by Gasteiger charge is -2.41. The van der Waals surface area contributed by atoms with E-state index in [0.29, 0.717) is 5.56 Å². The van der Waals surface area contributed by atoms with E-state index in [2.05, 4.69) is 37.2 Å². The molecule has 0 aliphatic carbocycles. The van der Waals surface area contributed by atoms with Gasteiger partial charge in [-0.25, -0.2) is 0 Å². The van der Waals surface area contributed by atoms with Gasteiger partial charge in [0.15, 0.2) is 5.78 Å². The number of fused-ring (bicyclic) bond motifs is 1. The Morgan fingerprint density at radius 1 is 0.821 bits per heavy atom. The van der Waals surface area contributed by atoms with Crippen LogP contribution in [0.25, 0.3) is 0 Å². The minimum Gasteiger partial charge on any atom is -0.355 e. The van der Waals surface area contributed by atoms with Crippen LogP contribution >= 0.6 is 0 Å². The van der Waals surface area contributed by atoms with E-state index in [1.54, 1.807) is 0 Å². The number of benzene rings is 3. The van der Waals surface area contributed by atoms with E-state index < -0.39 is 6.10 Å². The van der Waals surface area contributed by atoms with E-state index in [-0.39, 0.29) is 17.9 Å². The number of nitrogens with zero attached hydrogens (tertiary/aromatic N) is 1. The number of rotatable bonds is 4. The van der Waals surface area contributed by atoms with Crippen LogP contribution in [0, 0.1) is 6.92 Å². The number of carbonyl (C=O) groups excluding carboxylic acids is 1. The molecule has 0 saturated carbocycles. The molecule has 0 saturated heterocycles. The van der Waals surface area contributed by atoms with Crippen molar-refractivity contribution in [3.8, 4) is 0 Å². The second kappa shape index (κ2) is 7.70. The number of hydrogen-bond donors (Lipinski definition) is 0. The number of hydrogen-bond acceptors (Lipinski definition) is 3. The minimum absolute atomic E-state index is 0.00517. The van der Waals surface area contributed by atoms with Crippen LogP contribution in [0.5, 0.6) is 0 Å². The maximum atomic E-state index is 13.4. The maximum absolute atomic E-state index is 13.4. The second-order valence-electron chi connectivity index (χ2n) is 7.62. The van der Waals surface area contributed by atoms with Crippen molar-refractivity contribution >= 4 is 5.78 Å². The highest BCUT2D eigenvalue weighted by atomic mass is 16.5. The van der Waals surface area contributed by atoms with E-state index in [0.717, 1.165) is 22.3 Å². The monoisotopic (exact) mass is 371 g/mol. The summed E-state index contributed by atoms with van der Waals surface area (Å²) >= 11 is 0. The van der Waals surface area contributed by atoms with Gasteiger partial charge < -0.3 is 4.74 Å². The highest BCUT2D eigenvalue weighted by molar-refractivity contribution is 6.00. The molecule has 142 valence electrons. The summed E-state index contributed by atoms with van der Waals surface area (Å²) in [5, 5.41) is 0. The van der Waals surface area contributed by atoms with Crippen molar-refractivity contribution in [2.45, 2.75) is 25.2 Å². The number of ether oxygens (including phenoxy) is 1. The first-order chi connectivity index (χ1) is 13.6. The molecule has 3 atom stereocenters. The number of ketones is 1. The summed E-state index contributed by atoms with van der Waals surface area (Å²) in [5.74, 6) is 0.00517. The lowest BCUT2D eigenvalue weighted by atomic mass is 9.84. The molecule has 0 aromatic heterocycles. The van der Waals surface area contributed by atoms with Crippen molar-refractivity contribution in [1.29, 1.82) is 0 Å². The fourth-order valence-electron chi connectivity index (χ4n) is 4.00. The van der Waals surface area contributed by atoms with Crippen LogP contribution in [0.3, 0.4) is 0 Å². The lowest BCUT2D eigenvalue weighted by molar-refractivity contribution is -0.0579. The van der Waals surface area contributed by atoms with Gasteiger partial charge in [-0.1, -0.05) is 84.4 Å². The zero-order chi connectivity index (χ0) is 19.7. The van der Waals surface area contributed by atoms with Gasteiger partial charge in [0.1, 0.15) is 12.2 Å². The van der Waals surface area contributed by atoms with E-state index >= 15 is 0 Å². The SMILES string of the molecule is Cc1ccc(C(=O)[C@H]2O[C@H](c3ccccc3)[C@@H](N(C)C)c3ccccc32)cc1. The van der Waals surface area contributed by atoms with Crippen molar-refractivity contribution in [3.05, 3.63) is 107 Å². The number of Topliss-reactive ketones (excluding diaryl/α,β-unsaturated/α-hetero) is 1. The highest BCUT2D eigenvalue weighted by Gasteiger charge is 2.40. The third-order valence-electron chi connectivity index (χ3n) is 5.43. The fraction of sp³-hybridized carbons (Fsp3) is 0.240. The first kappa shape index (κ1) is 18.6. The van der Waals surface area contributed by atoms with Gasteiger partial charge in [-0.15, -0.1) is 0 Å². The third-order valence-corrected chi connectivity index (χ3v) is 5.43. The molecule has 3 aromatic rings. The standard InChI is InChI=1S/C25H25NO2/c1-17-13-15-18(16-14-17)23(27)25-21-12-8-7-11-20(21)22(26(2)3)24(28-25)19-9-5-4-6-10-19/h4-16,22,24-25H,1-3H3/t22-,24+,25-/m0/s1. The van der Waals surface area contributed by atoms with Gasteiger partial charge in [0.25, 0.3) is 0 Å². The third kappa shape index (κ3) is 3.39. The first-order valence-electron chi connectivity index (χ1n) is 9.63. The molecule has 0 unspecified atom stereocenters. The molecule has 0 bridgehead atoms. The molecule has 3 nitrogen and oxygen atoms in total. The summed E-state index contributed by atoms with van der Waals surface area (Å²) in [5.41, 5.74) is 5.01. The van der Waals surface area contributed by atoms with Crippen LogP contribution < -0.4 is 0 Å². The summed E-state index contributed by atoms with van der Waals surface area (Å²) in [6, 6.07) is 26.1. The Hall–Kier alpha value is -2.75. The topological polar surface area (TPSA) is 29.5 Å². The minimum atomic E-state index is -0.611. The summed E-state index contributed by atoms with van der Waals surface area (Å²) in [4.78, 5) is 15.6. The van der Waals surface area contributed by atoms with E-state index in [4.69, 9.17) is 4.74 Å². The number of likely N-dealkylation sites (N-methyl/N-ethyl adjacent to an activating group) is 1. The van der Waals surface area contributed by atoms with Gasteiger partial charge in [0.2, 0.25) is 0 Å². The summed E-state index contributed by atoms with van der Waals surface area (Å²) < 4.78 is 6.53. The molecule has 0 fully saturated rings.